The molecule has 0 saturated carbocycles. The first kappa shape index (κ1) is 14.0. The predicted octanol–water partition coefficient (Wildman–Crippen LogP) is 5.43. The highest BCUT2D eigenvalue weighted by molar-refractivity contribution is 7.18. The lowest BCUT2D eigenvalue weighted by atomic mass is 10.1. The van der Waals surface area contributed by atoms with Crippen LogP contribution in [0.2, 0.25) is 15.1 Å². The Labute approximate surface area is 135 Å². The summed E-state index contributed by atoms with van der Waals surface area (Å²) in [6.07, 6.45) is 0.578. The number of aromatic nitrogens is 1. The molecule has 3 aromatic rings. The van der Waals surface area contributed by atoms with Crippen LogP contribution in [0.15, 0.2) is 30.3 Å². The Morgan fingerprint density at radius 1 is 1.05 bits per heavy atom. The molecule has 2 N–H and O–H groups in total. The molecular formula is C14H9Cl3N2S. The molecule has 6 heteroatoms. The first-order valence-corrected chi connectivity index (χ1v) is 7.76. The zero-order chi connectivity index (χ0) is 14.3. The highest BCUT2D eigenvalue weighted by Crippen LogP contribution is 2.32. The van der Waals surface area contributed by atoms with Crippen LogP contribution in [0.3, 0.4) is 0 Å². The maximum Gasteiger partial charge on any atom is 0.0983 e. The first-order chi connectivity index (χ1) is 9.52. The molecule has 2 aromatic carbocycles. The number of benzene rings is 2. The third-order valence-electron chi connectivity index (χ3n) is 2.89. The highest BCUT2D eigenvalue weighted by atomic mass is 35.5. The Morgan fingerprint density at radius 3 is 2.45 bits per heavy atom. The van der Waals surface area contributed by atoms with E-state index in [2.05, 4.69) is 4.98 Å². The molecule has 0 aliphatic carbocycles. The lowest BCUT2D eigenvalue weighted by Crippen LogP contribution is -1.93. The van der Waals surface area contributed by atoms with Crippen molar-refractivity contribution in [1.82, 2.24) is 4.98 Å². The lowest BCUT2D eigenvalue weighted by Gasteiger charge is -2.06. The molecule has 0 fully saturated rings. The minimum absolute atomic E-state index is 0.555. The molecule has 0 saturated heterocycles. The molecule has 102 valence electrons. The zero-order valence-corrected chi connectivity index (χ0v) is 13.2. The number of nitrogens with zero attached hydrogens (tertiary/aromatic N) is 1. The van der Waals surface area contributed by atoms with Crippen molar-refractivity contribution in [3.8, 4) is 0 Å². The van der Waals surface area contributed by atoms with E-state index in [1.54, 1.807) is 23.5 Å². The van der Waals surface area contributed by atoms with Gasteiger partial charge in [-0.3, -0.25) is 0 Å². The molecule has 0 spiro atoms. The van der Waals surface area contributed by atoms with Gasteiger partial charge in [-0.25, -0.2) is 4.98 Å². The fourth-order valence-electron chi connectivity index (χ4n) is 1.97. The maximum atomic E-state index is 6.20. The van der Waals surface area contributed by atoms with E-state index in [0.717, 1.165) is 20.8 Å². The van der Waals surface area contributed by atoms with E-state index in [4.69, 9.17) is 40.5 Å². The molecule has 1 aromatic heterocycles. The fraction of sp³-hybridized carbons (Fsp3) is 0.0714. The van der Waals surface area contributed by atoms with Crippen LogP contribution >= 0.6 is 46.1 Å². The third kappa shape index (κ3) is 2.72. The van der Waals surface area contributed by atoms with Crippen molar-refractivity contribution in [3.63, 3.8) is 0 Å². The van der Waals surface area contributed by atoms with Gasteiger partial charge < -0.3 is 5.73 Å². The van der Waals surface area contributed by atoms with Crippen molar-refractivity contribution in [1.29, 1.82) is 0 Å². The number of hydrogen-bond acceptors (Lipinski definition) is 3. The van der Waals surface area contributed by atoms with Crippen molar-refractivity contribution in [3.05, 3.63) is 56.0 Å². The van der Waals surface area contributed by atoms with Crippen molar-refractivity contribution in [2.75, 3.05) is 5.73 Å². The second-order valence-electron chi connectivity index (χ2n) is 4.36. The molecule has 0 amide bonds. The van der Waals surface area contributed by atoms with Crippen LogP contribution in [0.5, 0.6) is 0 Å². The summed E-state index contributed by atoms with van der Waals surface area (Å²) >= 11 is 20.0. The van der Waals surface area contributed by atoms with Gasteiger partial charge in [0.25, 0.3) is 0 Å². The maximum absolute atomic E-state index is 6.20. The van der Waals surface area contributed by atoms with Crippen LogP contribution in [-0.4, -0.2) is 4.98 Å². The van der Waals surface area contributed by atoms with Crippen LogP contribution in [-0.2, 0) is 6.42 Å². The Kier molecular flexibility index (Phi) is 3.78. The van der Waals surface area contributed by atoms with E-state index in [1.807, 2.05) is 18.2 Å². The molecule has 20 heavy (non-hydrogen) atoms. The number of fused-ring (bicyclic) bond motifs is 1. The average molecular weight is 344 g/mol. The van der Waals surface area contributed by atoms with Crippen LogP contribution in [0, 0.1) is 0 Å². The molecule has 0 bridgehead atoms. The van der Waals surface area contributed by atoms with E-state index < -0.39 is 0 Å². The summed E-state index contributed by atoms with van der Waals surface area (Å²) in [6, 6.07) is 9.07. The minimum atomic E-state index is 0.555. The molecule has 0 unspecified atom stereocenters. The molecule has 2 nitrogen and oxygen atoms in total. The van der Waals surface area contributed by atoms with Crippen LogP contribution in [0.25, 0.3) is 10.2 Å². The van der Waals surface area contributed by atoms with Crippen molar-refractivity contribution in [2.24, 2.45) is 0 Å². The van der Waals surface area contributed by atoms with E-state index in [0.29, 0.717) is 27.2 Å². The molecular weight excluding hydrogens is 335 g/mol. The number of halogens is 3. The summed E-state index contributed by atoms with van der Waals surface area (Å²) in [4.78, 5) is 4.56. The molecule has 1 heterocycles. The Morgan fingerprint density at radius 2 is 1.75 bits per heavy atom. The zero-order valence-electron chi connectivity index (χ0n) is 10.2. The van der Waals surface area contributed by atoms with Crippen LogP contribution < -0.4 is 5.73 Å². The van der Waals surface area contributed by atoms with Gasteiger partial charge in [0.05, 0.1) is 15.2 Å². The van der Waals surface area contributed by atoms with Crippen molar-refractivity contribution in [2.45, 2.75) is 6.42 Å². The van der Waals surface area contributed by atoms with Crippen molar-refractivity contribution >= 4 is 62.0 Å². The minimum Gasteiger partial charge on any atom is -0.399 e. The van der Waals surface area contributed by atoms with Gasteiger partial charge in [-0.1, -0.05) is 34.8 Å². The smallest absolute Gasteiger partial charge is 0.0983 e. The van der Waals surface area contributed by atoms with Gasteiger partial charge >= 0.3 is 0 Å². The number of anilines is 1. The quantitative estimate of drug-likeness (QED) is 0.630. The van der Waals surface area contributed by atoms with E-state index in [-0.39, 0.29) is 0 Å². The van der Waals surface area contributed by atoms with E-state index in [1.165, 1.54) is 0 Å². The number of nitrogen functional groups attached to an aromatic ring is 1. The number of nitrogens with two attached hydrogens (primary N) is 1. The summed E-state index contributed by atoms with van der Waals surface area (Å²) < 4.78 is 1.09. The normalized spacial score (nSPS) is 11.2. The molecule has 0 aliphatic heterocycles. The summed E-state index contributed by atoms with van der Waals surface area (Å²) in [5.41, 5.74) is 7.99. The van der Waals surface area contributed by atoms with Gasteiger partial charge in [0.15, 0.2) is 0 Å². The average Bonchev–Trinajstić information content (AvgIpc) is 2.75. The summed E-state index contributed by atoms with van der Waals surface area (Å²) in [7, 11) is 0. The predicted molar refractivity (Wildman–Crippen MR) is 88.3 cm³/mol. The van der Waals surface area contributed by atoms with Gasteiger partial charge in [-0.15, -0.1) is 11.3 Å². The van der Waals surface area contributed by atoms with Crippen molar-refractivity contribution < 1.29 is 0 Å². The highest BCUT2D eigenvalue weighted by Gasteiger charge is 2.11. The van der Waals surface area contributed by atoms with Crippen LogP contribution in [0.1, 0.15) is 10.6 Å². The van der Waals surface area contributed by atoms with E-state index >= 15 is 0 Å². The van der Waals surface area contributed by atoms with Gasteiger partial charge in [-0.05, 0) is 35.9 Å². The topological polar surface area (TPSA) is 38.9 Å². The second-order valence-corrected chi connectivity index (χ2v) is 6.73. The Bertz CT molecular complexity index is 775. The van der Waals surface area contributed by atoms with Gasteiger partial charge in [0.2, 0.25) is 0 Å². The van der Waals surface area contributed by atoms with Crippen LogP contribution in [0.4, 0.5) is 5.69 Å². The van der Waals surface area contributed by atoms with Gasteiger partial charge in [0.1, 0.15) is 0 Å². The largest absolute Gasteiger partial charge is 0.399 e. The molecule has 0 atom stereocenters. The SMILES string of the molecule is Nc1cc(Cl)c(Cc2nc3cc(Cl)ccc3s2)c(Cl)c1. The van der Waals surface area contributed by atoms with E-state index in [9.17, 15) is 0 Å². The monoisotopic (exact) mass is 342 g/mol. The third-order valence-corrected chi connectivity index (χ3v) is 4.83. The molecule has 3 rings (SSSR count). The fourth-order valence-corrected chi connectivity index (χ4v) is 3.73. The molecule has 0 radical (unpaired) electrons. The lowest BCUT2D eigenvalue weighted by molar-refractivity contribution is 1.16. The number of thiazole rings is 1. The second kappa shape index (κ2) is 5.41. The summed E-state index contributed by atoms with van der Waals surface area (Å²) in [5, 5.41) is 2.74. The Balaban J connectivity index is 2.01. The van der Waals surface area contributed by atoms with Gasteiger partial charge in [0, 0.05) is 27.2 Å². The number of hydrogen-bond donors (Lipinski definition) is 1. The summed E-state index contributed by atoms with van der Waals surface area (Å²) in [5.74, 6) is 0. The summed E-state index contributed by atoms with van der Waals surface area (Å²) in [6.45, 7) is 0. The molecule has 0 aliphatic rings. The first-order valence-electron chi connectivity index (χ1n) is 5.81. The standard InChI is InChI=1S/C14H9Cl3N2S/c15-7-1-2-13-12(3-7)19-14(20-13)6-9-10(16)4-8(18)5-11(9)17/h1-5H,6,18H2. The van der Waals surface area contributed by atoms with Gasteiger partial charge in [-0.2, -0.15) is 0 Å². The Hall–Kier alpha value is -1.00. The number of rotatable bonds is 2.